The minimum absolute atomic E-state index is 0.0490. The van der Waals surface area contributed by atoms with E-state index in [0.29, 0.717) is 12.3 Å². The minimum atomic E-state index is -1.34. The smallest absolute Gasteiger partial charge is 0.237 e. The summed E-state index contributed by atoms with van der Waals surface area (Å²) in [6.45, 7) is 8.62. The third-order valence-corrected chi connectivity index (χ3v) is 8.24. The highest BCUT2D eigenvalue weighted by Crippen LogP contribution is 2.31. The number of nitrogens with one attached hydrogen (secondary N) is 2. The molecule has 0 unspecified atom stereocenters. The lowest BCUT2D eigenvalue weighted by Crippen LogP contribution is -2.65. The van der Waals surface area contributed by atoms with E-state index in [1.165, 1.54) is 11.8 Å². The molecule has 2 saturated heterocycles. The summed E-state index contributed by atoms with van der Waals surface area (Å²) < 4.78 is 5.90. The van der Waals surface area contributed by atoms with Crippen molar-refractivity contribution in [1.82, 2.24) is 10.6 Å². The average Bonchev–Trinajstić information content (AvgIpc) is 2.80. The van der Waals surface area contributed by atoms with Crippen LogP contribution in [-0.2, 0) is 9.53 Å². The van der Waals surface area contributed by atoms with E-state index < -0.39 is 41.5 Å². The molecule has 2 aliphatic heterocycles. The van der Waals surface area contributed by atoms with E-state index in [9.17, 15) is 25.2 Å². The zero-order valence-electron chi connectivity index (χ0n) is 20.2. The second-order valence-corrected chi connectivity index (χ2v) is 10.8. The predicted molar refractivity (Wildman–Crippen MR) is 126 cm³/mol. The maximum Gasteiger partial charge on any atom is 0.237 e. The lowest BCUT2D eigenvalue weighted by Gasteiger charge is -2.44. The second-order valence-electron chi connectivity index (χ2n) is 9.82. The maximum atomic E-state index is 13.1. The number of thioether (sulfide) groups is 1. The maximum absolute atomic E-state index is 13.1. The van der Waals surface area contributed by atoms with Gasteiger partial charge in [0.15, 0.2) is 0 Å². The molecule has 8 nitrogen and oxygen atoms in total. The van der Waals surface area contributed by atoms with E-state index in [-0.39, 0.29) is 17.9 Å². The molecule has 0 aromatic rings. The number of aliphatic hydroxyl groups excluding tert-OH is 3. The Labute approximate surface area is 196 Å². The summed E-state index contributed by atoms with van der Waals surface area (Å²) in [7, 11) is 0. The Bertz CT molecular complexity index is 589. The lowest BCUT2D eigenvalue weighted by molar-refractivity contribution is -0.208. The lowest BCUT2D eigenvalue weighted by atomic mass is 9.82. The number of amides is 1. The quantitative estimate of drug-likeness (QED) is 0.275. The summed E-state index contributed by atoms with van der Waals surface area (Å²) in [4.78, 5) is 13.1. The molecule has 0 saturated carbocycles. The summed E-state index contributed by atoms with van der Waals surface area (Å²) in [5.41, 5.74) is -1.30. The second kappa shape index (κ2) is 12.3. The van der Waals surface area contributed by atoms with Crippen LogP contribution in [0.2, 0.25) is 0 Å². The van der Waals surface area contributed by atoms with E-state index in [0.717, 1.165) is 38.6 Å². The number of carbonyl (C=O) groups is 1. The van der Waals surface area contributed by atoms with Crippen molar-refractivity contribution in [1.29, 1.82) is 0 Å². The van der Waals surface area contributed by atoms with Crippen LogP contribution in [-0.4, -0.2) is 86.7 Å². The molecule has 188 valence electrons. The standard InChI is InChI=1S/C23H44N2O6S/c1-6-23(30,7-2)10-8-14-9-11-24-15(12-14)21(29)25-16(13(3)4)20-18(27)17(26)19(28)22(31-20)32-5/h13-20,22,24,26-28,30H,6-12H2,1-5H3,(H,25,29)/t14-,15+,16-,17+,18-,19-,20-,22-/m1/s1. The monoisotopic (exact) mass is 476 g/mol. The molecule has 9 heteroatoms. The Balaban J connectivity index is 2.01. The largest absolute Gasteiger partial charge is 0.390 e. The van der Waals surface area contributed by atoms with Crippen LogP contribution in [0.4, 0.5) is 0 Å². The van der Waals surface area contributed by atoms with Crippen LogP contribution >= 0.6 is 11.8 Å². The first-order chi connectivity index (χ1) is 15.1. The van der Waals surface area contributed by atoms with Crippen LogP contribution in [0.5, 0.6) is 0 Å². The molecule has 2 aliphatic rings. The number of rotatable bonds is 10. The first-order valence-corrected chi connectivity index (χ1v) is 13.3. The minimum Gasteiger partial charge on any atom is -0.390 e. The van der Waals surface area contributed by atoms with Gasteiger partial charge in [-0.05, 0) is 63.2 Å². The van der Waals surface area contributed by atoms with Crippen LogP contribution in [0.15, 0.2) is 0 Å². The topological polar surface area (TPSA) is 131 Å². The van der Waals surface area contributed by atoms with Gasteiger partial charge >= 0.3 is 0 Å². The van der Waals surface area contributed by atoms with Gasteiger partial charge in [0.05, 0.1) is 17.7 Å². The molecule has 0 bridgehead atoms. The molecule has 32 heavy (non-hydrogen) atoms. The van der Waals surface area contributed by atoms with Crippen molar-refractivity contribution in [2.75, 3.05) is 12.8 Å². The first kappa shape index (κ1) is 27.8. The molecule has 1 amide bonds. The molecule has 2 rings (SSSR count). The van der Waals surface area contributed by atoms with Gasteiger partial charge in [0.2, 0.25) is 5.91 Å². The fourth-order valence-electron chi connectivity index (χ4n) is 4.79. The summed E-state index contributed by atoms with van der Waals surface area (Å²) in [5.74, 6) is 0.169. The molecule has 6 N–H and O–H groups in total. The van der Waals surface area contributed by atoms with Crippen molar-refractivity contribution < 1.29 is 30.0 Å². The van der Waals surface area contributed by atoms with Gasteiger partial charge in [0.1, 0.15) is 29.9 Å². The highest BCUT2D eigenvalue weighted by atomic mass is 32.2. The molecule has 2 fully saturated rings. The van der Waals surface area contributed by atoms with Crippen molar-refractivity contribution in [3.63, 3.8) is 0 Å². The Kier molecular flexibility index (Phi) is 10.7. The number of carbonyl (C=O) groups excluding carboxylic acids is 1. The predicted octanol–water partition coefficient (Wildman–Crippen LogP) is 0.997. The van der Waals surface area contributed by atoms with Gasteiger partial charge in [0, 0.05) is 0 Å². The van der Waals surface area contributed by atoms with Crippen LogP contribution in [0.1, 0.15) is 66.2 Å². The molecule has 2 heterocycles. The molecule has 0 radical (unpaired) electrons. The SMILES string of the molecule is CCC(O)(CC)CC[C@@H]1CCN[C@H](C(=O)N[C@H](C(C)C)[C@H]2O[C@H](SC)[C@H](O)[C@@H](O)[C@H]2O)C1. The molecule has 0 aliphatic carbocycles. The summed E-state index contributed by atoms with van der Waals surface area (Å²) in [6.07, 6.45) is 1.89. The first-order valence-electron chi connectivity index (χ1n) is 12.0. The number of hydrogen-bond donors (Lipinski definition) is 6. The van der Waals surface area contributed by atoms with Crippen molar-refractivity contribution in [3.8, 4) is 0 Å². The van der Waals surface area contributed by atoms with E-state index >= 15 is 0 Å². The Morgan fingerprint density at radius 3 is 2.41 bits per heavy atom. The number of ether oxygens (including phenoxy) is 1. The van der Waals surface area contributed by atoms with Crippen LogP contribution in [0, 0.1) is 11.8 Å². The third-order valence-electron chi connectivity index (χ3n) is 7.38. The van der Waals surface area contributed by atoms with E-state index in [1.807, 2.05) is 27.7 Å². The van der Waals surface area contributed by atoms with E-state index in [4.69, 9.17) is 4.74 Å². The van der Waals surface area contributed by atoms with Crippen LogP contribution in [0.3, 0.4) is 0 Å². The summed E-state index contributed by atoms with van der Waals surface area (Å²) in [5, 5.41) is 47.9. The Hall–Kier alpha value is -0.420. The van der Waals surface area contributed by atoms with Gasteiger partial charge in [-0.25, -0.2) is 0 Å². The fraction of sp³-hybridized carbons (Fsp3) is 0.957. The average molecular weight is 477 g/mol. The molecule has 8 atom stereocenters. The van der Waals surface area contributed by atoms with Gasteiger partial charge in [0.25, 0.3) is 0 Å². The molecule has 0 aromatic heterocycles. The highest BCUT2D eigenvalue weighted by Gasteiger charge is 2.47. The molecule has 0 aromatic carbocycles. The van der Waals surface area contributed by atoms with E-state index in [1.54, 1.807) is 6.26 Å². The zero-order valence-corrected chi connectivity index (χ0v) is 21.0. The molecular weight excluding hydrogens is 432 g/mol. The number of piperidine rings is 1. The summed E-state index contributed by atoms with van der Waals surface area (Å²) >= 11 is 1.26. The van der Waals surface area contributed by atoms with Crippen molar-refractivity contribution >= 4 is 17.7 Å². The molecular formula is C23H44N2O6S. The van der Waals surface area contributed by atoms with Gasteiger partial charge in [-0.3, -0.25) is 4.79 Å². The number of aliphatic hydroxyl groups is 4. The fourth-order valence-corrected chi connectivity index (χ4v) is 5.47. The van der Waals surface area contributed by atoms with Crippen molar-refractivity contribution in [2.24, 2.45) is 11.8 Å². The Morgan fingerprint density at radius 1 is 1.19 bits per heavy atom. The highest BCUT2D eigenvalue weighted by molar-refractivity contribution is 7.99. The van der Waals surface area contributed by atoms with Crippen molar-refractivity contribution in [2.45, 2.75) is 114 Å². The Morgan fingerprint density at radius 2 is 1.84 bits per heavy atom. The molecule has 0 spiro atoms. The summed E-state index contributed by atoms with van der Waals surface area (Å²) in [6, 6.07) is -0.860. The van der Waals surface area contributed by atoms with Crippen molar-refractivity contribution in [3.05, 3.63) is 0 Å². The van der Waals surface area contributed by atoms with Crippen LogP contribution in [0.25, 0.3) is 0 Å². The van der Waals surface area contributed by atoms with Crippen LogP contribution < -0.4 is 10.6 Å². The van der Waals surface area contributed by atoms with Gasteiger partial charge < -0.3 is 35.8 Å². The number of hydrogen-bond acceptors (Lipinski definition) is 8. The van der Waals surface area contributed by atoms with E-state index in [2.05, 4.69) is 10.6 Å². The zero-order chi connectivity index (χ0) is 24.1. The normalized spacial score (nSPS) is 35.0. The third kappa shape index (κ3) is 6.81. The van der Waals surface area contributed by atoms with Gasteiger partial charge in [-0.2, -0.15) is 0 Å². The van der Waals surface area contributed by atoms with Gasteiger partial charge in [-0.15, -0.1) is 11.8 Å². The van der Waals surface area contributed by atoms with Gasteiger partial charge in [-0.1, -0.05) is 27.7 Å².